The molecule has 0 radical (unpaired) electrons. The summed E-state index contributed by atoms with van der Waals surface area (Å²) in [6.07, 6.45) is 0. The summed E-state index contributed by atoms with van der Waals surface area (Å²) in [5.41, 5.74) is 2.90. The summed E-state index contributed by atoms with van der Waals surface area (Å²) in [4.78, 5) is 37.2. The zero-order valence-corrected chi connectivity index (χ0v) is 15.6. The Bertz CT molecular complexity index is 810. The van der Waals surface area contributed by atoms with E-state index in [1.165, 1.54) is 24.3 Å². The van der Waals surface area contributed by atoms with E-state index < -0.39 is 0 Å². The van der Waals surface area contributed by atoms with Crippen molar-refractivity contribution in [1.82, 2.24) is 0 Å². The lowest BCUT2D eigenvalue weighted by Crippen LogP contribution is -2.36. The Morgan fingerprint density at radius 3 is 2.19 bits per heavy atom. The third-order valence-electron chi connectivity index (χ3n) is 4.11. The van der Waals surface area contributed by atoms with E-state index in [-0.39, 0.29) is 24.1 Å². The Labute approximate surface area is 154 Å². The van der Waals surface area contributed by atoms with Crippen LogP contribution >= 0.6 is 0 Å². The van der Waals surface area contributed by atoms with Crippen molar-refractivity contribution in [2.45, 2.75) is 33.6 Å². The highest BCUT2D eigenvalue weighted by molar-refractivity contribution is 6.02. The fourth-order valence-corrected chi connectivity index (χ4v) is 2.58. The molecule has 0 saturated carbocycles. The predicted molar refractivity (Wildman–Crippen MR) is 104 cm³/mol. The molecule has 0 saturated heterocycles. The maximum atomic E-state index is 12.4. The van der Waals surface area contributed by atoms with Crippen LogP contribution in [0.5, 0.6) is 0 Å². The highest BCUT2D eigenvalue weighted by Gasteiger charge is 2.16. The van der Waals surface area contributed by atoms with E-state index in [0.717, 1.165) is 0 Å². The molecule has 2 aromatic carbocycles. The highest BCUT2D eigenvalue weighted by atomic mass is 16.2. The second-order valence-electron chi connectivity index (χ2n) is 6.54. The van der Waals surface area contributed by atoms with Crippen molar-refractivity contribution in [3.8, 4) is 0 Å². The van der Waals surface area contributed by atoms with Gasteiger partial charge in [-0.2, -0.15) is 0 Å². The minimum absolute atomic E-state index is 0.0725. The lowest BCUT2D eigenvalue weighted by atomic mass is 10.0. The second kappa shape index (κ2) is 8.43. The van der Waals surface area contributed by atoms with Crippen molar-refractivity contribution in [2.75, 3.05) is 16.8 Å². The molecule has 5 heteroatoms. The van der Waals surface area contributed by atoms with E-state index >= 15 is 0 Å². The molecule has 0 heterocycles. The van der Waals surface area contributed by atoms with Crippen molar-refractivity contribution in [1.29, 1.82) is 0 Å². The molecular weight excluding hydrogens is 328 g/mol. The van der Waals surface area contributed by atoms with Crippen LogP contribution in [0.2, 0.25) is 0 Å². The van der Waals surface area contributed by atoms with Crippen molar-refractivity contribution in [3.63, 3.8) is 0 Å². The summed E-state index contributed by atoms with van der Waals surface area (Å²) < 4.78 is 0. The Balaban J connectivity index is 2.12. The number of nitrogens with zero attached hydrogens (tertiary/aromatic N) is 1. The van der Waals surface area contributed by atoms with Gasteiger partial charge in [0.15, 0.2) is 5.78 Å². The average Bonchev–Trinajstić information content (AvgIpc) is 2.59. The number of amides is 2. The molecule has 0 bridgehead atoms. The molecule has 0 aliphatic carbocycles. The highest BCUT2D eigenvalue weighted by Crippen LogP contribution is 2.20. The minimum Gasteiger partial charge on any atom is -0.325 e. The summed E-state index contributed by atoms with van der Waals surface area (Å²) in [7, 11) is 0. The molecule has 0 atom stereocenters. The first-order valence-corrected chi connectivity index (χ1v) is 8.57. The van der Waals surface area contributed by atoms with Gasteiger partial charge in [-0.15, -0.1) is 0 Å². The second-order valence-corrected chi connectivity index (χ2v) is 6.54. The van der Waals surface area contributed by atoms with Gasteiger partial charge in [0, 0.05) is 23.9 Å². The third-order valence-corrected chi connectivity index (χ3v) is 4.11. The zero-order valence-electron chi connectivity index (χ0n) is 15.6. The molecule has 2 amide bonds. The van der Waals surface area contributed by atoms with Gasteiger partial charge in [-0.05, 0) is 42.7 Å². The van der Waals surface area contributed by atoms with Crippen LogP contribution in [0, 0.1) is 0 Å². The first-order chi connectivity index (χ1) is 12.3. The van der Waals surface area contributed by atoms with Crippen LogP contribution < -0.4 is 10.2 Å². The van der Waals surface area contributed by atoms with E-state index in [4.69, 9.17) is 0 Å². The number of hydrogen-bond donors (Lipinski definition) is 1. The fourth-order valence-electron chi connectivity index (χ4n) is 2.58. The van der Waals surface area contributed by atoms with Crippen LogP contribution in [-0.2, 0) is 9.59 Å². The van der Waals surface area contributed by atoms with Crippen LogP contribution in [0.25, 0.3) is 0 Å². The van der Waals surface area contributed by atoms with Crippen LogP contribution in [0.4, 0.5) is 11.4 Å². The minimum atomic E-state index is -0.325. The molecule has 0 aliphatic heterocycles. The molecular formula is C21H24N2O3. The van der Waals surface area contributed by atoms with E-state index in [9.17, 15) is 14.4 Å². The number of hydrogen-bond acceptors (Lipinski definition) is 3. The summed E-state index contributed by atoms with van der Waals surface area (Å²) in [5, 5.41) is 2.74. The smallest absolute Gasteiger partial charge is 0.244 e. The van der Waals surface area contributed by atoms with Crippen molar-refractivity contribution < 1.29 is 14.4 Å². The largest absolute Gasteiger partial charge is 0.325 e. The number of carbonyl (C=O) groups excluding carboxylic acids is 3. The molecule has 0 aromatic heterocycles. The maximum Gasteiger partial charge on any atom is 0.244 e. The van der Waals surface area contributed by atoms with Gasteiger partial charge in [0.2, 0.25) is 11.8 Å². The number of nitrogens with one attached hydrogen (secondary N) is 1. The number of rotatable bonds is 6. The van der Waals surface area contributed by atoms with Crippen LogP contribution in [0.15, 0.2) is 48.5 Å². The van der Waals surface area contributed by atoms with Gasteiger partial charge in [-0.1, -0.05) is 38.1 Å². The standard InChI is InChI=1S/C21H24N2O3/c1-14(2)17-8-10-20(11-9-17)23(16(4)25)13-21(26)22-19-7-5-6-18(12-19)15(3)24/h5-12,14H,13H2,1-4H3,(H,22,26). The summed E-state index contributed by atoms with van der Waals surface area (Å²) in [6, 6.07) is 14.3. The summed E-state index contributed by atoms with van der Waals surface area (Å²) in [6.45, 7) is 7.00. The molecule has 1 N–H and O–H groups in total. The summed E-state index contributed by atoms with van der Waals surface area (Å²) in [5.74, 6) is -0.216. The van der Waals surface area contributed by atoms with E-state index in [0.29, 0.717) is 22.9 Å². The molecule has 0 fully saturated rings. The zero-order chi connectivity index (χ0) is 19.3. The topological polar surface area (TPSA) is 66.5 Å². The van der Waals surface area contributed by atoms with E-state index in [1.54, 1.807) is 24.3 Å². The van der Waals surface area contributed by atoms with Crippen molar-refractivity contribution in [2.24, 2.45) is 0 Å². The van der Waals surface area contributed by atoms with Crippen molar-refractivity contribution in [3.05, 3.63) is 59.7 Å². The van der Waals surface area contributed by atoms with Crippen LogP contribution in [-0.4, -0.2) is 24.1 Å². The number of anilines is 2. The lowest BCUT2D eigenvalue weighted by molar-refractivity contribution is -0.120. The van der Waals surface area contributed by atoms with E-state index in [2.05, 4.69) is 19.2 Å². The van der Waals surface area contributed by atoms with Crippen LogP contribution in [0.3, 0.4) is 0 Å². The molecule has 26 heavy (non-hydrogen) atoms. The number of carbonyl (C=O) groups is 3. The molecule has 136 valence electrons. The first-order valence-electron chi connectivity index (χ1n) is 8.57. The van der Waals surface area contributed by atoms with Gasteiger partial charge < -0.3 is 10.2 Å². The molecule has 2 rings (SSSR count). The molecule has 5 nitrogen and oxygen atoms in total. The number of Topliss-reactive ketones (excluding diaryl/α,β-unsaturated/α-hetero) is 1. The van der Waals surface area contributed by atoms with E-state index in [1.807, 2.05) is 24.3 Å². The molecule has 0 aliphatic rings. The summed E-state index contributed by atoms with van der Waals surface area (Å²) >= 11 is 0. The Hall–Kier alpha value is -2.95. The van der Waals surface area contributed by atoms with Gasteiger partial charge in [-0.3, -0.25) is 14.4 Å². The fraction of sp³-hybridized carbons (Fsp3) is 0.286. The molecule has 2 aromatic rings. The molecule has 0 unspecified atom stereocenters. The molecule has 0 spiro atoms. The third kappa shape index (κ3) is 5.02. The van der Waals surface area contributed by atoms with Gasteiger partial charge in [0.25, 0.3) is 0 Å². The quantitative estimate of drug-likeness (QED) is 0.799. The van der Waals surface area contributed by atoms with Crippen molar-refractivity contribution >= 4 is 29.0 Å². The van der Waals surface area contributed by atoms with Gasteiger partial charge >= 0.3 is 0 Å². The first kappa shape index (κ1) is 19.4. The van der Waals surface area contributed by atoms with Gasteiger partial charge in [-0.25, -0.2) is 0 Å². The Kier molecular flexibility index (Phi) is 6.28. The number of benzene rings is 2. The van der Waals surface area contributed by atoms with Gasteiger partial charge in [0.1, 0.15) is 6.54 Å². The van der Waals surface area contributed by atoms with Gasteiger partial charge in [0.05, 0.1) is 0 Å². The Morgan fingerprint density at radius 2 is 1.65 bits per heavy atom. The monoisotopic (exact) mass is 352 g/mol. The Morgan fingerprint density at radius 1 is 1.00 bits per heavy atom. The predicted octanol–water partition coefficient (Wildman–Crippen LogP) is 4.00. The van der Waals surface area contributed by atoms with Crippen LogP contribution in [0.1, 0.15) is 49.5 Å². The SMILES string of the molecule is CC(=O)c1cccc(NC(=O)CN(C(C)=O)c2ccc(C(C)C)cc2)c1. The maximum absolute atomic E-state index is 12.4. The number of ketones is 1. The lowest BCUT2D eigenvalue weighted by Gasteiger charge is -2.21. The normalized spacial score (nSPS) is 10.5. The average molecular weight is 352 g/mol.